The summed E-state index contributed by atoms with van der Waals surface area (Å²) >= 11 is 3.28. The fourth-order valence-corrected chi connectivity index (χ4v) is 2.69. The Morgan fingerprint density at radius 3 is 2.62 bits per heavy atom. The van der Waals surface area contributed by atoms with Gasteiger partial charge in [0.1, 0.15) is 5.75 Å². The number of benzene rings is 1. The van der Waals surface area contributed by atoms with Crippen molar-refractivity contribution in [2.24, 2.45) is 0 Å². The van der Waals surface area contributed by atoms with E-state index in [1.54, 1.807) is 12.1 Å². The number of ether oxygens (including phenoxy) is 2. The Bertz CT molecular complexity index is 462. The van der Waals surface area contributed by atoms with Crippen LogP contribution in [0.15, 0.2) is 22.7 Å². The van der Waals surface area contributed by atoms with Gasteiger partial charge in [0.2, 0.25) is 0 Å². The van der Waals surface area contributed by atoms with Crippen LogP contribution < -0.4 is 4.74 Å². The molecule has 21 heavy (non-hydrogen) atoms. The Hall–Kier alpha value is -0.790. The Kier molecular flexibility index (Phi) is 5.89. The molecule has 118 valence electrons. The Morgan fingerprint density at radius 1 is 1.24 bits per heavy atom. The first-order valence-corrected chi connectivity index (χ1v) is 7.57. The molecule has 7 heteroatoms. The van der Waals surface area contributed by atoms with Crippen LogP contribution in [0.1, 0.15) is 12.0 Å². The van der Waals surface area contributed by atoms with Gasteiger partial charge >= 0.3 is 6.36 Å². The normalized spacial score (nSPS) is 17.0. The van der Waals surface area contributed by atoms with Crippen LogP contribution >= 0.6 is 15.9 Å². The van der Waals surface area contributed by atoms with Gasteiger partial charge in [0.25, 0.3) is 0 Å². The molecule has 1 aliphatic rings. The topological polar surface area (TPSA) is 21.7 Å². The van der Waals surface area contributed by atoms with Gasteiger partial charge in [-0.25, -0.2) is 0 Å². The van der Waals surface area contributed by atoms with E-state index in [9.17, 15) is 13.2 Å². The minimum absolute atomic E-state index is 0.118. The number of nitrogens with zero attached hydrogens (tertiary/aromatic N) is 1. The van der Waals surface area contributed by atoms with Crippen molar-refractivity contribution < 1.29 is 22.6 Å². The van der Waals surface area contributed by atoms with Gasteiger partial charge in [-0.05, 0) is 43.1 Å². The Labute approximate surface area is 130 Å². The monoisotopic (exact) mass is 367 g/mol. The van der Waals surface area contributed by atoms with E-state index in [0.29, 0.717) is 12.0 Å². The lowest BCUT2D eigenvalue weighted by Crippen LogP contribution is -2.36. The van der Waals surface area contributed by atoms with Crippen molar-refractivity contribution in [1.29, 1.82) is 0 Å². The van der Waals surface area contributed by atoms with Gasteiger partial charge in [0.05, 0.1) is 13.2 Å². The number of halogens is 4. The molecule has 0 atom stereocenters. The first kappa shape index (κ1) is 16.6. The average Bonchev–Trinajstić information content (AvgIpc) is 2.42. The van der Waals surface area contributed by atoms with Gasteiger partial charge in [-0.2, -0.15) is 0 Å². The average molecular weight is 368 g/mol. The molecular weight excluding hydrogens is 351 g/mol. The van der Waals surface area contributed by atoms with Gasteiger partial charge in [-0.3, -0.25) is 4.90 Å². The highest BCUT2D eigenvalue weighted by molar-refractivity contribution is 9.10. The van der Waals surface area contributed by atoms with Crippen molar-refractivity contribution in [1.82, 2.24) is 4.90 Å². The summed E-state index contributed by atoms with van der Waals surface area (Å²) in [6, 6.07) is 4.58. The summed E-state index contributed by atoms with van der Waals surface area (Å²) in [7, 11) is 0. The predicted octanol–water partition coefficient (Wildman–Crippen LogP) is 3.61. The molecule has 0 bridgehead atoms. The Balaban J connectivity index is 1.92. The molecule has 0 saturated carbocycles. The van der Waals surface area contributed by atoms with Crippen molar-refractivity contribution in [3.63, 3.8) is 0 Å². The van der Waals surface area contributed by atoms with Gasteiger partial charge in [-0.15, -0.1) is 13.2 Å². The summed E-state index contributed by atoms with van der Waals surface area (Å²) < 4.78 is 47.2. The van der Waals surface area contributed by atoms with E-state index in [2.05, 4.69) is 25.6 Å². The molecule has 2 rings (SSSR count). The number of aryl methyl sites for hydroxylation is 1. The molecule has 1 aromatic rings. The first-order valence-electron chi connectivity index (χ1n) is 6.78. The smallest absolute Gasteiger partial charge is 0.406 e. The number of rotatable bonds is 5. The van der Waals surface area contributed by atoms with E-state index in [-0.39, 0.29) is 5.75 Å². The third kappa shape index (κ3) is 5.84. The van der Waals surface area contributed by atoms with Gasteiger partial charge in [-0.1, -0.05) is 15.9 Å². The van der Waals surface area contributed by atoms with Crippen LogP contribution in [-0.2, 0) is 11.2 Å². The summed E-state index contributed by atoms with van der Waals surface area (Å²) in [6.07, 6.45) is -3.33. The molecule has 0 N–H and O–H groups in total. The van der Waals surface area contributed by atoms with Crippen LogP contribution in [-0.4, -0.2) is 44.1 Å². The lowest BCUT2D eigenvalue weighted by atomic mass is 10.1. The third-order valence-electron chi connectivity index (χ3n) is 3.27. The summed E-state index contributed by atoms with van der Waals surface area (Å²) in [5.74, 6) is -0.118. The number of hydrogen-bond acceptors (Lipinski definition) is 3. The zero-order chi connectivity index (χ0) is 15.3. The lowest BCUT2D eigenvalue weighted by Gasteiger charge is -2.26. The van der Waals surface area contributed by atoms with E-state index in [0.717, 1.165) is 43.7 Å². The van der Waals surface area contributed by atoms with Gasteiger partial charge < -0.3 is 9.47 Å². The molecule has 1 aromatic carbocycles. The van der Waals surface area contributed by atoms with Crippen LogP contribution in [0.2, 0.25) is 0 Å². The second kappa shape index (κ2) is 7.47. The van der Waals surface area contributed by atoms with Crippen LogP contribution in [0.5, 0.6) is 5.75 Å². The number of alkyl halides is 3. The fraction of sp³-hybridized carbons (Fsp3) is 0.571. The lowest BCUT2D eigenvalue weighted by molar-refractivity contribution is -0.274. The second-order valence-corrected chi connectivity index (χ2v) is 5.77. The maximum absolute atomic E-state index is 12.4. The summed E-state index contributed by atoms with van der Waals surface area (Å²) in [4.78, 5) is 2.26. The molecule has 1 aliphatic heterocycles. The second-order valence-electron chi connectivity index (χ2n) is 4.86. The minimum Gasteiger partial charge on any atom is -0.406 e. The molecular formula is C14H17BrF3NO2. The quantitative estimate of drug-likeness (QED) is 0.793. The van der Waals surface area contributed by atoms with Gasteiger partial charge in [0, 0.05) is 17.6 Å². The minimum atomic E-state index is -4.66. The van der Waals surface area contributed by atoms with E-state index >= 15 is 0 Å². The SMILES string of the molecule is FC(F)(F)Oc1ccc(Br)cc1CCCN1CCOCC1. The van der Waals surface area contributed by atoms with Crippen molar-refractivity contribution in [3.05, 3.63) is 28.2 Å². The highest BCUT2D eigenvalue weighted by Crippen LogP contribution is 2.29. The van der Waals surface area contributed by atoms with Crippen molar-refractivity contribution in [2.75, 3.05) is 32.8 Å². The maximum Gasteiger partial charge on any atom is 0.573 e. The van der Waals surface area contributed by atoms with Gasteiger partial charge in [0.15, 0.2) is 0 Å². The van der Waals surface area contributed by atoms with E-state index in [1.165, 1.54) is 6.07 Å². The molecule has 1 heterocycles. The third-order valence-corrected chi connectivity index (χ3v) is 3.77. The standard InChI is InChI=1S/C14H17BrF3NO2/c15-12-3-4-13(21-14(16,17)18)11(10-12)2-1-5-19-6-8-20-9-7-19/h3-4,10H,1-2,5-9H2. The molecule has 0 aliphatic carbocycles. The molecule has 1 fully saturated rings. The van der Waals surface area contributed by atoms with Crippen LogP contribution in [0, 0.1) is 0 Å². The molecule has 0 unspecified atom stereocenters. The van der Waals surface area contributed by atoms with E-state index in [1.807, 2.05) is 0 Å². The number of morpholine rings is 1. The molecule has 0 amide bonds. The molecule has 0 radical (unpaired) electrons. The molecule has 0 aromatic heterocycles. The number of hydrogen-bond donors (Lipinski definition) is 0. The summed E-state index contributed by atoms with van der Waals surface area (Å²) in [5.41, 5.74) is 0.565. The van der Waals surface area contributed by atoms with Crippen LogP contribution in [0.4, 0.5) is 13.2 Å². The zero-order valence-corrected chi connectivity index (χ0v) is 13.0. The highest BCUT2D eigenvalue weighted by atomic mass is 79.9. The zero-order valence-electron chi connectivity index (χ0n) is 11.5. The van der Waals surface area contributed by atoms with Crippen LogP contribution in [0.3, 0.4) is 0 Å². The summed E-state index contributed by atoms with van der Waals surface area (Å²) in [5, 5.41) is 0. The molecule has 3 nitrogen and oxygen atoms in total. The summed E-state index contributed by atoms with van der Waals surface area (Å²) in [6.45, 7) is 4.05. The van der Waals surface area contributed by atoms with Crippen molar-refractivity contribution in [3.8, 4) is 5.75 Å². The van der Waals surface area contributed by atoms with Crippen LogP contribution in [0.25, 0.3) is 0 Å². The first-order chi connectivity index (χ1) is 9.94. The van der Waals surface area contributed by atoms with Crippen molar-refractivity contribution >= 4 is 15.9 Å². The molecule has 1 saturated heterocycles. The predicted molar refractivity (Wildman–Crippen MR) is 76.4 cm³/mol. The fourth-order valence-electron chi connectivity index (χ4n) is 2.29. The highest BCUT2D eigenvalue weighted by Gasteiger charge is 2.32. The van der Waals surface area contributed by atoms with E-state index < -0.39 is 6.36 Å². The van der Waals surface area contributed by atoms with E-state index in [4.69, 9.17) is 4.74 Å². The Morgan fingerprint density at radius 2 is 1.95 bits per heavy atom. The largest absolute Gasteiger partial charge is 0.573 e. The maximum atomic E-state index is 12.4. The van der Waals surface area contributed by atoms with Crippen molar-refractivity contribution in [2.45, 2.75) is 19.2 Å². The molecule has 0 spiro atoms.